The molecule has 15 atom stereocenters. The molecule has 1 aliphatic heterocycles. The molecule has 96 heavy (non-hydrogen) atoms. The van der Waals surface area contributed by atoms with Gasteiger partial charge in [-0.3, -0.25) is 57.7 Å². The lowest BCUT2D eigenvalue weighted by Crippen LogP contribution is -2.64. The Hall–Kier alpha value is -8.85. The molecule has 0 saturated carbocycles. The highest BCUT2D eigenvalue weighted by Gasteiger charge is 2.44. The van der Waals surface area contributed by atoms with Crippen molar-refractivity contribution in [3.63, 3.8) is 0 Å². The standard InChI is InChI=1S/C64H101N15O17/c1-12-34(10)45-59(91)77-46(35(11)81)58(90)70-28-44(82)75-48(51(84)53(66)85)61(93)74-43(29-80)63(95)96-52(38-17-14-13-15-18-38)49(79-57(89)42(26-31(4)5)72-54(86)39(65)27-36-20-22-37(23-21-36)32(6)7)62(94)78-47(50(83)33(8)9)60(92)73-41(25-30(2)3)56(88)71-40(55(87)76-45)19-16-24-69-64(67)68/h13-15,17-18,20-23,30-35,39-43,45-52,80-81,83-84H,12,16,19,24-29,65H2,1-11H3,(H2,66,85)(H,70,90)(H,71,88)(H,72,86)(H,73,92)(H,74,93)(H,75,82)(H,76,87)(H,77,91)(H,78,94)(H,79,89)(H4,67,68,69)/t34-,35-,39+,40+,41-,42-,43-,45?,46?,47-,48-,49-,50+,51-,52+/m0/s1. The number of nitrogens with two attached hydrogens (primary N) is 4. The van der Waals surface area contributed by atoms with Crippen LogP contribution in [0.4, 0.5) is 0 Å². The Morgan fingerprint density at radius 1 is 0.646 bits per heavy atom. The maximum Gasteiger partial charge on any atom is 0.331 e. The van der Waals surface area contributed by atoms with Gasteiger partial charge in [-0.05, 0) is 85.3 Å². The lowest BCUT2D eigenvalue weighted by atomic mass is 9.95. The first-order chi connectivity index (χ1) is 45.0. The molecule has 0 radical (unpaired) electrons. The van der Waals surface area contributed by atoms with Crippen LogP contribution in [0.1, 0.15) is 137 Å². The minimum atomic E-state index is -2.58. The number of esters is 1. The van der Waals surface area contributed by atoms with E-state index in [1.807, 2.05) is 48.7 Å². The van der Waals surface area contributed by atoms with E-state index in [1.165, 1.54) is 44.2 Å². The molecular formula is C64H101N15O17. The maximum atomic E-state index is 15.5. The highest BCUT2D eigenvalue weighted by Crippen LogP contribution is 2.25. The van der Waals surface area contributed by atoms with Crippen LogP contribution in [-0.2, 0) is 68.7 Å². The van der Waals surface area contributed by atoms with Crippen molar-refractivity contribution in [2.24, 2.45) is 51.6 Å². The van der Waals surface area contributed by atoms with Crippen LogP contribution in [0, 0.1) is 23.7 Å². The van der Waals surface area contributed by atoms with E-state index < -0.39 is 187 Å². The zero-order valence-corrected chi connectivity index (χ0v) is 56.4. The molecule has 32 nitrogen and oxygen atoms in total. The largest absolute Gasteiger partial charge is 0.453 e. The summed E-state index contributed by atoms with van der Waals surface area (Å²) in [7, 11) is 0. The molecule has 0 spiro atoms. The Balaban J connectivity index is 2.40. The number of carbonyl (C=O) groups excluding carboxylic acids is 12. The molecule has 2 unspecified atom stereocenters. The average molecular weight is 1350 g/mol. The van der Waals surface area contributed by atoms with E-state index in [9.17, 15) is 68.4 Å². The van der Waals surface area contributed by atoms with Crippen molar-refractivity contribution in [2.75, 3.05) is 19.7 Å². The summed E-state index contributed by atoms with van der Waals surface area (Å²) in [5, 5.41) is 68.4. The summed E-state index contributed by atoms with van der Waals surface area (Å²) in [6, 6.07) is -3.56. The van der Waals surface area contributed by atoms with Gasteiger partial charge in [-0.2, -0.15) is 0 Å². The van der Waals surface area contributed by atoms with Crippen LogP contribution in [0.2, 0.25) is 0 Å². The monoisotopic (exact) mass is 1350 g/mol. The number of guanidine groups is 1. The molecule has 11 amide bonds. The molecule has 2 aromatic rings. The Morgan fingerprint density at radius 3 is 1.75 bits per heavy atom. The van der Waals surface area contributed by atoms with Crippen molar-refractivity contribution < 1.29 is 82.7 Å². The summed E-state index contributed by atoms with van der Waals surface area (Å²) in [4.78, 5) is 175. The van der Waals surface area contributed by atoms with Gasteiger partial charge in [0.25, 0.3) is 0 Å². The number of hydrogen-bond donors (Lipinski definition) is 18. The molecule has 0 aliphatic carbocycles. The van der Waals surface area contributed by atoms with Crippen molar-refractivity contribution in [2.45, 2.75) is 205 Å². The fourth-order valence-electron chi connectivity index (χ4n) is 10.0. The number of aliphatic hydroxyl groups excluding tert-OH is 4. The molecule has 534 valence electrons. The normalized spacial score (nSPS) is 23.9. The van der Waals surface area contributed by atoms with Gasteiger partial charge in [0.2, 0.25) is 65.0 Å². The van der Waals surface area contributed by atoms with Gasteiger partial charge in [0.05, 0.1) is 31.4 Å². The van der Waals surface area contributed by atoms with E-state index >= 15 is 9.59 Å². The summed E-state index contributed by atoms with van der Waals surface area (Å²) in [5.74, 6) is -17.1. The van der Waals surface area contributed by atoms with Crippen LogP contribution in [-0.4, -0.2) is 196 Å². The molecule has 3 rings (SSSR count). The first-order valence-electron chi connectivity index (χ1n) is 32.1. The third kappa shape index (κ3) is 25.7. The van der Waals surface area contributed by atoms with Crippen LogP contribution < -0.4 is 76.1 Å². The minimum absolute atomic E-state index is 0.0364. The number of amides is 11. The average Bonchev–Trinajstić information content (AvgIpc) is 0.857. The second-order valence-corrected chi connectivity index (χ2v) is 25.5. The topological polar surface area (TPSA) is 532 Å². The summed E-state index contributed by atoms with van der Waals surface area (Å²) in [6.45, 7) is 15.7. The molecule has 1 fully saturated rings. The molecule has 1 aliphatic rings. The van der Waals surface area contributed by atoms with Gasteiger partial charge >= 0.3 is 5.97 Å². The zero-order chi connectivity index (χ0) is 72.4. The predicted molar refractivity (Wildman–Crippen MR) is 351 cm³/mol. The quantitative estimate of drug-likeness (QED) is 0.0205. The van der Waals surface area contributed by atoms with Crippen molar-refractivity contribution >= 4 is 76.9 Å². The third-order valence-electron chi connectivity index (χ3n) is 15.8. The molecular weight excluding hydrogens is 1250 g/mol. The van der Waals surface area contributed by atoms with Crippen LogP contribution in [0.15, 0.2) is 59.6 Å². The molecule has 0 aromatic heterocycles. The van der Waals surface area contributed by atoms with Gasteiger partial charge in [0.15, 0.2) is 24.2 Å². The Labute approximate surface area is 558 Å². The number of nitrogens with one attached hydrogen (secondary N) is 10. The number of nitrogens with zero attached hydrogens (tertiary/aromatic N) is 1. The van der Waals surface area contributed by atoms with Crippen LogP contribution in [0.5, 0.6) is 0 Å². The SMILES string of the molecule is CC[C@H](C)C1NC(=O)[C@@H](CCCN=C(N)N)NC(=O)[C@H](CC(C)C)NC(=O)[C@H]([C@H](O)C(C)C)NC(=O)[C@@H](NC(=O)[C@H](CC(C)C)NC(=O)[C@H](N)Cc2ccc(C(C)C)cc2)[C@@H](c2ccccc2)OC(=O)[C@H](CO)NC(=O)[C@H]([C@H](O)C(N)=O)NC(=O)CNC(=O)C([C@H](C)O)NC1=O. The fourth-order valence-corrected chi connectivity index (χ4v) is 10.0. The van der Waals surface area contributed by atoms with E-state index in [-0.39, 0.29) is 68.4 Å². The van der Waals surface area contributed by atoms with Crippen molar-refractivity contribution in [3.05, 3.63) is 71.3 Å². The molecule has 22 N–H and O–H groups in total. The van der Waals surface area contributed by atoms with E-state index in [0.717, 1.165) is 12.5 Å². The number of carbonyl (C=O) groups is 12. The van der Waals surface area contributed by atoms with Crippen molar-refractivity contribution in [1.82, 2.24) is 53.2 Å². The molecule has 2 aromatic carbocycles. The first-order valence-corrected chi connectivity index (χ1v) is 32.1. The van der Waals surface area contributed by atoms with Gasteiger partial charge in [-0.25, -0.2) is 4.79 Å². The van der Waals surface area contributed by atoms with Gasteiger partial charge in [0, 0.05) is 6.54 Å². The number of ether oxygens (including phenoxy) is 1. The first kappa shape index (κ1) is 81.4. The summed E-state index contributed by atoms with van der Waals surface area (Å²) in [5.41, 5.74) is 24.6. The van der Waals surface area contributed by atoms with Crippen LogP contribution in [0.25, 0.3) is 0 Å². The highest BCUT2D eigenvalue weighted by atomic mass is 16.5. The maximum absolute atomic E-state index is 15.5. The Morgan fingerprint density at radius 2 is 1.21 bits per heavy atom. The molecule has 1 saturated heterocycles. The number of aliphatic imine (C=N–C) groups is 1. The summed E-state index contributed by atoms with van der Waals surface area (Å²) < 4.78 is 5.97. The Kier molecular flexibility index (Phi) is 33.3. The smallest absolute Gasteiger partial charge is 0.331 e. The summed E-state index contributed by atoms with van der Waals surface area (Å²) >= 11 is 0. The van der Waals surface area contributed by atoms with Crippen LogP contribution in [0.3, 0.4) is 0 Å². The number of hydrogen-bond acceptors (Lipinski definition) is 19. The van der Waals surface area contributed by atoms with E-state index in [0.29, 0.717) is 5.56 Å². The minimum Gasteiger partial charge on any atom is -0.453 e. The third-order valence-corrected chi connectivity index (χ3v) is 15.8. The summed E-state index contributed by atoms with van der Waals surface area (Å²) in [6.07, 6.45) is -8.30. The number of rotatable bonds is 24. The zero-order valence-electron chi connectivity index (χ0n) is 56.4. The number of aliphatic hydroxyl groups is 4. The second kappa shape index (κ2) is 39.3. The lowest BCUT2D eigenvalue weighted by Gasteiger charge is -2.33. The number of primary amides is 1. The van der Waals surface area contributed by atoms with Gasteiger partial charge in [-0.15, -0.1) is 0 Å². The van der Waals surface area contributed by atoms with E-state index in [1.54, 1.807) is 41.5 Å². The molecule has 0 bridgehead atoms. The molecule has 32 heteroatoms. The van der Waals surface area contributed by atoms with E-state index in [2.05, 4.69) is 47.5 Å². The Bertz CT molecular complexity index is 3000. The number of cyclic esters (lactones) is 1. The fraction of sp³-hybridized carbons (Fsp3) is 0.609. The second-order valence-electron chi connectivity index (χ2n) is 25.5. The van der Waals surface area contributed by atoms with Gasteiger partial charge < -0.3 is 101 Å². The van der Waals surface area contributed by atoms with Gasteiger partial charge in [0.1, 0.15) is 48.3 Å². The van der Waals surface area contributed by atoms with Crippen molar-refractivity contribution in [3.8, 4) is 0 Å². The predicted octanol–water partition coefficient (Wildman–Crippen LogP) is -4.11. The number of benzene rings is 2. The van der Waals surface area contributed by atoms with Gasteiger partial charge in [-0.1, -0.05) is 130 Å². The highest BCUT2D eigenvalue weighted by molar-refractivity contribution is 6.00. The van der Waals surface area contributed by atoms with E-state index in [4.69, 9.17) is 27.7 Å². The van der Waals surface area contributed by atoms with Crippen LogP contribution >= 0.6 is 0 Å². The van der Waals surface area contributed by atoms with Crippen molar-refractivity contribution in [1.29, 1.82) is 0 Å². The lowest BCUT2D eigenvalue weighted by molar-refractivity contribution is -0.159. The molecule has 1 heterocycles.